The highest BCUT2D eigenvalue weighted by Gasteiger charge is 2.36. The highest BCUT2D eigenvalue weighted by Crippen LogP contribution is 2.27. The summed E-state index contributed by atoms with van der Waals surface area (Å²) < 4.78 is 11.8. The van der Waals surface area contributed by atoms with Gasteiger partial charge in [-0.1, -0.05) is 35.3 Å². The van der Waals surface area contributed by atoms with Crippen LogP contribution in [0.15, 0.2) is 64.8 Å². The predicted octanol–water partition coefficient (Wildman–Crippen LogP) is 5.43. The lowest BCUT2D eigenvalue weighted by Crippen LogP contribution is -2.53. The van der Waals surface area contributed by atoms with Gasteiger partial charge in [-0.05, 0) is 76.2 Å². The van der Waals surface area contributed by atoms with Gasteiger partial charge in [0.2, 0.25) is 0 Å². The summed E-state index contributed by atoms with van der Waals surface area (Å²) in [5.74, 6) is -0.408. The van der Waals surface area contributed by atoms with Crippen molar-refractivity contribution in [3.8, 4) is 5.75 Å². The maximum Gasteiger partial charge on any atom is 0.331 e. The Morgan fingerprint density at radius 2 is 1.88 bits per heavy atom. The molecule has 0 spiro atoms. The predicted molar refractivity (Wildman–Crippen MR) is 131 cm³/mol. The molecule has 1 aliphatic heterocycles. The van der Waals surface area contributed by atoms with E-state index >= 15 is 0 Å². The van der Waals surface area contributed by atoms with Crippen molar-refractivity contribution in [2.45, 2.75) is 13.2 Å². The summed E-state index contributed by atoms with van der Waals surface area (Å²) in [6.07, 6.45) is 2.88. The number of furan rings is 1. The molecule has 10 heteroatoms. The molecule has 4 amide bonds. The Balaban J connectivity index is 1.50. The second kappa shape index (κ2) is 9.98. The molecule has 1 saturated heterocycles. The van der Waals surface area contributed by atoms with Crippen LogP contribution in [0.4, 0.5) is 4.79 Å². The van der Waals surface area contributed by atoms with Crippen LogP contribution in [0.3, 0.4) is 0 Å². The number of ether oxygens (including phenoxy) is 1. The Morgan fingerprint density at radius 3 is 2.58 bits per heavy atom. The molecular weight excluding hydrogens is 582 g/mol. The molecule has 7 nitrogen and oxygen atoms in total. The van der Waals surface area contributed by atoms with Crippen LogP contribution in [0.1, 0.15) is 16.9 Å². The van der Waals surface area contributed by atoms with Crippen molar-refractivity contribution in [3.63, 3.8) is 0 Å². The van der Waals surface area contributed by atoms with E-state index < -0.39 is 17.8 Å². The molecule has 0 atom stereocenters. The van der Waals surface area contributed by atoms with Gasteiger partial charge >= 0.3 is 6.03 Å². The number of nitrogens with zero attached hydrogens (tertiary/aromatic N) is 1. The number of carbonyl (C=O) groups excluding carboxylic acids is 3. The standard InChI is InChI=1S/C23H15Cl2IN2O5/c24-17-5-3-14(9-18(17)25)12-33-20-6-4-13(10-19(20)26)8-16-21(29)27-23(31)28(22(16)30)11-15-2-1-7-32-15/h1-10H,11-12H2,(H,27,29,31)/b16-8+. The molecule has 1 aliphatic rings. The number of benzene rings is 2. The van der Waals surface area contributed by atoms with Crippen molar-refractivity contribution >= 4 is 69.7 Å². The fourth-order valence-corrected chi connectivity index (χ4v) is 4.09. The molecule has 3 aromatic rings. The number of halogens is 3. The number of amides is 4. The lowest BCUT2D eigenvalue weighted by atomic mass is 10.1. The van der Waals surface area contributed by atoms with Crippen LogP contribution in [0.5, 0.6) is 5.75 Å². The van der Waals surface area contributed by atoms with E-state index in [1.807, 2.05) is 6.07 Å². The Labute approximate surface area is 212 Å². The summed E-state index contributed by atoms with van der Waals surface area (Å²) >= 11 is 14.1. The van der Waals surface area contributed by atoms with E-state index in [1.54, 1.807) is 42.5 Å². The number of urea groups is 1. The molecule has 4 rings (SSSR count). The van der Waals surface area contributed by atoms with Gasteiger partial charge < -0.3 is 9.15 Å². The molecule has 2 aromatic carbocycles. The van der Waals surface area contributed by atoms with Gasteiger partial charge in [0, 0.05) is 0 Å². The third-order valence-corrected chi connectivity index (χ3v) is 6.31. The highest BCUT2D eigenvalue weighted by molar-refractivity contribution is 14.1. The molecule has 0 saturated carbocycles. The van der Waals surface area contributed by atoms with Gasteiger partial charge in [0.1, 0.15) is 23.7 Å². The van der Waals surface area contributed by atoms with E-state index in [9.17, 15) is 14.4 Å². The molecule has 0 radical (unpaired) electrons. The Hall–Kier alpha value is -2.82. The minimum absolute atomic E-state index is 0.0820. The molecule has 0 bridgehead atoms. The van der Waals surface area contributed by atoms with Gasteiger partial charge in [-0.3, -0.25) is 19.8 Å². The summed E-state index contributed by atoms with van der Waals surface area (Å²) in [6.45, 7) is 0.208. The molecule has 1 N–H and O–H groups in total. The van der Waals surface area contributed by atoms with E-state index in [2.05, 4.69) is 27.9 Å². The van der Waals surface area contributed by atoms with Crippen LogP contribution in [-0.4, -0.2) is 22.7 Å². The molecule has 33 heavy (non-hydrogen) atoms. The molecule has 0 unspecified atom stereocenters. The number of carbonyl (C=O) groups is 3. The van der Waals surface area contributed by atoms with Crippen molar-refractivity contribution in [3.05, 3.63) is 90.9 Å². The number of imide groups is 2. The van der Waals surface area contributed by atoms with Crippen LogP contribution in [0.25, 0.3) is 6.08 Å². The zero-order valence-corrected chi connectivity index (χ0v) is 20.5. The smallest absolute Gasteiger partial charge is 0.331 e. The molecular formula is C23H15Cl2IN2O5. The quantitative estimate of drug-likeness (QED) is 0.233. The Morgan fingerprint density at radius 1 is 1.06 bits per heavy atom. The average Bonchev–Trinajstić information content (AvgIpc) is 3.29. The second-order valence-electron chi connectivity index (χ2n) is 7.01. The first kappa shape index (κ1) is 23.3. The first-order chi connectivity index (χ1) is 15.8. The van der Waals surface area contributed by atoms with Crippen LogP contribution < -0.4 is 10.1 Å². The maximum absolute atomic E-state index is 12.8. The summed E-state index contributed by atoms with van der Waals surface area (Å²) in [5.41, 5.74) is 1.31. The number of hydrogen-bond donors (Lipinski definition) is 1. The van der Waals surface area contributed by atoms with Gasteiger partial charge in [0.25, 0.3) is 11.8 Å². The van der Waals surface area contributed by atoms with E-state index in [1.165, 1.54) is 12.3 Å². The van der Waals surface area contributed by atoms with E-state index in [0.717, 1.165) is 14.0 Å². The van der Waals surface area contributed by atoms with Gasteiger partial charge in [-0.2, -0.15) is 0 Å². The van der Waals surface area contributed by atoms with Crippen LogP contribution in [0, 0.1) is 3.57 Å². The van der Waals surface area contributed by atoms with Gasteiger partial charge in [-0.25, -0.2) is 4.79 Å². The van der Waals surface area contributed by atoms with Gasteiger partial charge in [0.15, 0.2) is 0 Å². The first-order valence-corrected chi connectivity index (χ1v) is 11.4. The lowest BCUT2D eigenvalue weighted by Gasteiger charge is -2.25. The van der Waals surface area contributed by atoms with Gasteiger partial charge in [-0.15, -0.1) is 0 Å². The van der Waals surface area contributed by atoms with E-state index in [-0.39, 0.29) is 18.7 Å². The summed E-state index contributed by atoms with van der Waals surface area (Å²) in [7, 11) is 0. The number of hydrogen-bond acceptors (Lipinski definition) is 5. The van der Waals surface area contributed by atoms with E-state index in [0.29, 0.717) is 27.1 Å². The SMILES string of the molecule is O=C1NC(=O)N(Cc2ccco2)C(=O)/C1=C/c1ccc(OCc2ccc(Cl)c(Cl)c2)c(I)c1. The number of rotatable bonds is 6. The topological polar surface area (TPSA) is 88.9 Å². The summed E-state index contributed by atoms with van der Waals surface area (Å²) in [6, 6.07) is 13.0. The molecule has 0 aliphatic carbocycles. The fourth-order valence-electron chi connectivity index (χ4n) is 3.08. The Kier molecular flexibility index (Phi) is 7.06. The zero-order valence-electron chi connectivity index (χ0n) is 16.8. The summed E-state index contributed by atoms with van der Waals surface area (Å²) in [4.78, 5) is 38.2. The second-order valence-corrected chi connectivity index (χ2v) is 8.99. The average molecular weight is 597 g/mol. The van der Waals surface area contributed by atoms with Crippen molar-refractivity contribution in [2.24, 2.45) is 0 Å². The third kappa shape index (κ3) is 5.40. The normalized spacial score (nSPS) is 15.2. The maximum atomic E-state index is 12.8. The number of barbiturate groups is 1. The molecule has 1 aromatic heterocycles. The van der Waals surface area contributed by atoms with Crippen molar-refractivity contribution < 1.29 is 23.5 Å². The minimum atomic E-state index is -0.792. The Bertz CT molecular complexity index is 1270. The molecule has 1 fully saturated rings. The number of nitrogens with one attached hydrogen (secondary N) is 1. The van der Waals surface area contributed by atoms with Crippen LogP contribution in [-0.2, 0) is 22.7 Å². The first-order valence-electron chi connectivity index (χ1n) is 9.59. The third-order valence-electron chi connectivity index (χ3n) is 4.73. The monoisotopic (exact) mass is 596 g/mol. The van der Waals surface area contributed by atoms with Gasteiger partial charge in [0.05, 0.1) is 26.4 Å². The van der Waals surface area contributed by atoms with Crippen molar-refractivity contribution in [2.75, 3.05) is 0 Å². The molecule has 168 valence electrons. The van der Waals surface area contributed by atoms with Crippen LogP contribution >= 0.6 is 45.8 Å². The highest BCUT2D eigenvalue weighted by atomic mass is 127. The fraction of sp³-hybridized carbons (Fsp3) is 0.0870. The molecule has 2 heterocycles. The lowest BCUT2D eigenvalue weighted by molar-refractivity contribution is -0.130. The van der Waals surface area contributed by atoms with Crippen molar-refractivity contribution in [1.82, 2.24) is 10.2 Å². The minimum Gasteiger partial charge on any atom is -0.488 e. The summed E-state index contributed by atoms with van der Waals surface area (Å²) in [5, 5.41) is 3.11. The zero-order chi connectivity index (χ0) is 23.5. The largest absolute Gasteiger partial charge is 0.488 e. The van der Waals surface area contributed by atoms with Crippen LogP contribution in [0.2, 0.25) is 10.0 Å². The van der Waals surface area contributed by atoms with E-state index in [4.69, 9.17) is 32.4 Å². The van der Waals surface area contributed by atoms with Crippen molar-refractivity contribution in [1.29, 1.82) is 0 Å².